The van der Waals surface area contributed by atoms with Crippen molar-refractivity contribution in [3.63, 3.8) is 0 Å². The number of hydrogen-bond donors (Lipinski definition) is 0. The van der Waals surface area contributed by atoms with E-state index in [9.17, 15) is 9.59 Å². The Balaban J connectivity index is 2.10. The summed E-state index contributed by atoms with van der Waals surface area (Å²) in [6.45, 7) is 0. The molecule has 0 aromatic heterocycles. The van der Waals surface area contributed by atoms with E-state index < -0.39 is 0 Å². The first-order valence-corrected chi connectivity index (χ1v) is 7.68. The Morgan fingerprint density at radius 1 is 1.37 bits per heavy atom. The molecule has 1 fully saturated rings. The highest BCUT2D eigenvalue weighted by molar-refractivity contribution is 14.1. The second kappa shape index (κ2) is 6.22. The van der Waals surface area contributed by atoms with Crippen molar-refractivity contribution < 1.29 is 9.59 Å². The molecule has 1 aliphatic rings. The molecule has 0 spiro atoms. The van der Waals surface area contributed by atoms with E-state index in [1.165, 1.54) is 0 Å². The Morgan fingerprint density at radius 2 is 2.00 bits per heavy atom. The van der Waals surface area contributed by atoms with E-state index in [0.717, 1.165) is 16.4 Å². The summed E-state index contributed by atoms with van der Waals surface area (Å²) in [5, 5.41) is 0.596. The topological polar surface area (TPSA) is 37.4 Å². The normalized spacial score (nSPS) is 16.5. The van der Waals surface area contributed by atoms with Crippen LogP contribution in [0, 0.1) is 3.57 Å². The van der Waals surface area contributed by atoms with Crippen molar-refractivity contribution in [2.24, 2.45) is 0 Å². The molecular weight excluding hydrogens is 377 g/mol. The van der Waals surface area contributed by atoms with Gasteiger partial charge in [-0.1, -0.05) is 11.6 Å². The molecule has 3 nitrogen and oxygen atoms in total. The smallest absolute Gasteiger partial charge is 0.253 e. The van der Waals surface area contributed by atoms with Crippen molar-refractivity contribution in [1.29, 1.82) is 0 Å². The predicted octanol–water partition coefficient (Wildman–Crippen LogP) is 3.53. The molecular formula is C14H15ClINO2. The Morgan fingerprint density at radius 3 is 2.58 bits per heavy atom. The van der Waals surface area contributed by atoms with Gasteiger partial charge in [0.05, 0.1) is 5.02 Å². The van der Waals surface area contributed by atoms with E-state index in [2.05, 4.69) is 22.6 Å². The molecule has 0 aliphatic heterocycles. The van der Waals surface area contributed by atoms with Crippen molar-refractivity contribution in [3.8, 4) is 0 Å². The van der Waals surface area contributed by atoms with Gasteiger partial charge in [0.2, 0.25) is 0 Å². The first-order valence-electron chi connectivity index (χ1n) is 6.23. The average Bonchev–Trinajstić information content (AvgIpc) is 2.41. The van der Waals surface area contributed by atoms with E-state index in [0.29, 0.717) is 29.2 Å². The van der Waals surface area contributed by atoms with Gasteiger partial charge < -0.3 is 4.90 Å². The highest BCUT2D eigenvalue weighted by atomic mass is 127. The van der Waals surface area contributed by atoms with Crippen LogP contribution in [0.1, 0.15) is 36.0 Å². The van der Waals surface area contributed by atoms with Crippen LogP contribution < -0.4 is 0 Å². The minimum absolute atomic E-state index is 0.0300. The van der Waals surface area contributed by atoms with Crippen molar-refractivity contribution >= 4 is 45.9 Å². The summed E-state index contributed by atoms with van der Waals surface area (Å²) in [5.41, 5.74) is 0.602. The lowest BCUT2D eigenvalue weighted by atomic mass is 9.93. The predicted molar refractivity (Wildman–Crippen MR) is 83.5 cm³/mol. The summed E-state index contributed by atoms with van der Waals surface area (Å²) in [6, 6.07) is 5.49. The number of hydrogen-bond acceptors (Lipinski definition) is 2. The van der Waals surface area contributed by atoms with Crippen LogP contribution in [0.15, 0.2) is 18.2 Å². The third kappa shape index (κ3) is 3.48. The van der Waals surface area contributed by atoms with Crippen LogP contribution in [-0.4, -0.2) is 29.7 Å². The molecule has 1 aliphatic carbocycles. The zero-order valence-corrected chi connectivity index (χ0v) is 13.6. The van der Waals surface area contributed by atoms with Gasteiger partial charge in [-0.25, -0.2) is 0 Å². The minimum atomic E-state index is -0.0300. The van der Waals surface area contributed by atoms with Crippen LogP contribution in [0.4, 0.5) is 0 Å². The fraction of sp³-hybridized carbons (Fsp3) is 0.429. The van der Waals surface area contributed by atoms with Crippen molar-refractivity contribution in [2.75, 3.05) is 7.05 Å². The first kappa shape index (κ1) is 14.8. The number of nitrogens with zero attached hydrogens (tertiary/aromatic N) is 1. The summed E-state index contributed by atoms with van der Waals surface area (Å²) in [4.78, 5) is 25.3. The number of benzene rings is 1. The summed E-state index contributed by atoms with van der Waals surface area (Å²) in [6.07, 6.45) is 2.68. The number of carbonyl (C=O) groups is 2. The molecule has 0 N–H and O–H groups in total. The SMILES string of the molecule is CN(C(=O)c1ccc(I)c(Cl)c1)C1CCC(=O)CC1. The van der Waals surface area contributed by atoms with Gasteiger partial charge in [0.1, 0.15) is 5.78 Å². The fourth-order valence-electron chi connectivity index (χ4n) is 2.31. The molecule has 102 valence electrons. The largest absolute Gasteiger partial charge is 0.339 e. The lowest BCUT2D eigenvalue weighted by molar-refractivity contribution is -0.121. The van der Waals surface area contributed by atoms with E-state index in [4.69, 9.17) is 11.6 Å². The zero-order chi connectivity index (χ0) is 14.0. The molecule has 0 unspecified atom stereocenters. The van der Waals surface area contributed by atoms with Gasteiger partial charge in [0, 0.05) is 35.1 Å². The lowest BCUT2D eigenvalue weighted by Crippen LogP contribution is -2.39. The molecule has 0 atom stereocenters. The van der Waals surface area contributed by atoms with Gasteiger partial charge in [0.25, 0.3) is 5.91 Å². The molecule has 0 saturated heterocycles. The molecule has 0 bridgehead atoms. The number of Topliss-reactive ketones (excluding diaryl/α,β-unsaturated/α-hetero) is 1. The lowest BCUT2D eigenvalue weighted by Gasteiger charge is -2.30. The number of rotatable bonds is 2. The van der Waals surface area contributed by atoms with Gasteiger partial charge in [0.15, 0.2) is 0 Å². The summed E-state index contributed by atoms with van der Waals surface area (Å²) in [7, 11) is 1.80. The molecule has 19 heavy (non-hydrogen) atoms. The molecule has 5 heteroatoms. The minimum Gasteiger partial charge on any atom is -0.339 e. The van der Waals surface area contributed by atoms with E-state index in [1.807, 2.05) is 6.07 Å². The van der Waals surface area contributed by atoms with Crippen molar-refractivity contribution in [1.82, 2.24) is 4.90 Å². The number of halogens is 2. The quantitative estimate of drug-likeness (QED) is 0.723. The van der Waals surface area contributed by atoms with Gasteiger partial charge in [-0.3, -0.25) is 9.59 Å². The average molecular weight is 392 g/mol. The Hall–Kier alpha value is -0.620. The number of amides is 1. The zero-order valence-electron chi connectivity index (χ0n) is 10.7. The summed E-state index contributed by atoms with van der Waals surface area (Å²) >= 11 is 8.18. The highest BCUT2D eigenvalue weighted by Crippen LogP contribution is 2.23. The summed E-state index contributed by atoms with van der Waals surface area (Å²) in [5.74, 6) is 0.270. The Labute approximate surface area is 131 Å². The van der Waals surface area contributed by atoms with Crippen molar-refractivity contribution in [2.45, 2.75) is 31.7 Å². The number of carbonyl (C=O) groups excluding carboxylic acids is 2. The molecule has 1 aromatic rings. The molecule has 1 amide bonds. The van der Waals surface area contributed by atoms with E-state index in [-0.39, 0.29) is 11.9 Å². The van der Waals surface area contributed by atoms with E-state index in [1.54, 1.807) is 24.1 Å². The van der Waals surface area contributed by atoms with Crippen LogP contribution in [0.25, 0.3) is 0 Å². The van der Waals surface area contributed by atoms with Crippen LogP contribution in [0.5, 0.6) is 0 Å². The molecule has 0 heterocycles. The first-order chi connectivity index (χ1) is 8.99. The maximum Gasteiger partial charge on any atom is 0.253 e. The van der Waals surface area contributed by atoms with Crippen LogP contribution in [0.3, 0.4) is 0 Å². The van der Waals surface area contributed by atoms with Crippen LogP contribution >= 0.6 is 34.2 Å². The summed E-state index contributed by atoms with van der Waals surface area (Å²) < 4.78 is 0.932. The second-order valence-electron chi connectivity index (χ2n) is 4.81. The maximum absolute atomic E-state index is 12.4. The third-order valence-corrected chi connectivity index (χ3v) is 5.12. The van der Waals surface area contributed by atoms with E-state index >= 15 is 0 Å². The van der Waals surface area contributed by atoms with Crippen LogP contribution in [-0.2, 0) is 4.79 Å². The molecule has 0 radical (unpaired) electrons. The molecule has 2 rings (SSSR count). The van der Waals surface area contributed by atoms with Gasteiger partial charge >= 0.3 is 0 Å². The van der Waals surface area contributed by atoms with Gasteiger partial charge in [-0.2, -0.15) is 0 Å². The Bertz CT molecular complexity index is 508. The van der Waals surface area contributed by atoms with Crippen molar-refractivity contribution in [3.05, 3.63) is 32.4 Å². The van der Waals surface area contributed by atoms with Gasteiger partial charge in [-0.05, 0) is 53.6 Å². The number of ketones is 1. The van der Waals surface area contributed by atoms with Crippen LogP contribution in [0.2, 0.25) is 5.02 Å². The highest BCUT2D eigenvalue weighted by Gasteiger charge is 2.26. The fourth-order valence-corrected chi connectivity index (χ4v) is 2.83. The maximum atomic E-state index is 12.4. The molecule has 1 saturated carbocycles. The second-order valence-corrected chi connectivity index (χ2v) is 6.38. The monoisotopic (exact) mass is 391 g/mol. The van der Waals surface area contributed by atoms with Gasteiger partial charge in [-0.15, -0.1) is 0 Å². The standard InChI is InChI=1S/C14H15ClINO2/c1-17(10-3-5-11(18)6-4-10)14(19)9-2-7-13(16)12(15)8-9/h2,7-8,10H,3-6H2,1H3. The Kier molecular flexibility index (Phi) is 4.84. The molecule has 1 aromatic carbocycles. The third-order valence-electron chi connectivity index (χ3n) is 3.55.